The number of rotatable bonds is 3. The monoisotopic (exact) mass is 332 g/mol. The van der Waals surface area contributed by atoms with Crippen LogP contribution in [-0.2, 0) is 4.74 Å². The van der Waals surface area contributed by atoms with Crippen molar-refractivity contribution in [2.75, 3.05) is 6.61 Å². The largest absolute Gasteiger partial charge is 0.460 e. The highest BCUT2D eigenvalue weighted by atomic mass is 79.9. The Bertz CT molecular complexity index is 607. The quantitative estimate of drug-likeness (QED) is 0.808. The smallest absolute Gasteiger partial charge is 0.379 e. The molecule has 0 spiro atoms. The molecule has 0 bridgehead atoms. The molecule has 0 unspecified atom stereocenters. The van der Waals surface area contributed by atoms with Gasteiger partial charge in [-0.05, 0) is 24.2 Å². The Kier molecular flexibility index (Phi) is 3.89. The summed E-state index contributed by atoms with van der Waals surface area (Å²) in [5.41, 5.74) is -0.494. The fourth-order valence-corrected chi connectivity index (χ4v) is 1.75. The molecule has 1 aromatic heterocycles. The lowest BCUT2D eigenvalue weighted by Gasteiger charge is -2.00. The van der Waals surface area contributed by atoms with Crippen LogP contribution >= 0.6 is 15.9 Å². The van der Waals surface area contributed by atoms with Crippen molar-refractivity contribution in [1.29, 1.82) is 0 Å². The normalized spacial score (nSPS) is 10.5. The topological polar surface area (TPSA) is 65.2 Å². The lowest BCUT2D eigenvalue weighted by Crippen LogP contribution is -2.06. The van der Waals surface area contributed by atoms with Gasteiger partial charge in [0.1, 0.15) is 17.2 Å². The van der Waals surface area contributed by atoms with Crippen molar-refractivity contribution >= 4 is 21.9 Å². The fraction of sp³-hybridized carbons (Fsp3) is 0.182. The minimum atomic E-state index is -0.883. The molecule has 0 amide bonds. The minimum absolute atomic E-state index is 0.129. The van der Waals surface area contributed by atoms with Crippen LogP contribution < -0.4 is 0 Å². The molecule has 2 aromatic rings. The summed E-state index contributed by atoms with van der Waals surface area (Å²) < 4.78 is 36.8. The first-order chi connectivity index (χ1) is 9.02. The predicted molar refractivity (Wildman–Crippen MR) is 63.3 cm³/mol. The second kappa shape index (κ2) is 5.43. The highest BCUT2D eigenvalue weighted by Gasteiger charge is 2.22. The van der Waals surface area contributed by atoms with Gasteiger partial charge in [0.05, 0.1) is 6.61 Å². The lowest BCUT2D eigenvalue weighted by atomic mass is 10.2. The van der Waals surface area contributed by atoms with Crippen LogP contribution in [0.3, 0.4) is 0 Å². The highest BCUT2D eigenvalue weighted by molar-refractivity contribution is 9.10. The highest BCUT2D eigenvalue weighted by Crippen LogP contribution is 2.27. The average molecular weight is 333 g/mol. The first kappa shape index (κ1) is 13.6. The molecule has 0 aliphatic rings. The summed E-state index contributed by atoms with van der Waals surface area (Å²) in [4.78, 5) is 14.9. The number of ether oxygens (including phenoxy) is 1. The van der Waals surface area contributed by atoms with E-state index in [-0.39, 0.29) is 11.1 Å². The maximum Gasteiger partial charge on any atom is 0.379 e. The number of aromatic nitrogens is 2. The first-order valence-corrected chi connectivity index (χ1v) is 5.98. The van der Waals surface area contributed by atoms with E-state index in [4.69, 9.17) is 0 Å². The van der Waals surface area contributed by atoms with Gasteiger partial charge in [-0.3, -0.25) is 0 Å². The molecule has 1 aromatic carbocycles. The zero-order chi connectivity index (χ0) is 14.0. The van der Waals surface area contributed by atoms with Gasteiger partial charge in [-0.25, -0.2) is 13.6 Å². The summed E-state index contributed by atoms with van der Waals surface area (Å²) in [6.45, 7) is 1.73. The van der Waals surface area contributed by atoms with E-state index < -0.39 is 34.9 Å². The van der Waals surface area contributed by atoms with Crippen molar-refractivity contribution in [3.63, 3.8) is 0 Å². The van der Waals surface area contributed by atoms with Gasteiger partial charge in [0.2, 0.25) is 0 Å². The van der Waals surface area contributed by atoms with Gasteiger partial charge in [-0.2, -0.15) is 4.98 Å². The third kappa shape index (κ3) is 2.78. The summed E-state index contributed by atoms with van der Waals surface area (Å²) in [5.74, 6) is -3.41. The SMILES string of the molecule is CCOC(=O)c1noc(-c2c(F)cc(Br)cc2F)n1. The minimum Gasteiger partial charge on any atom is -0.460 e. The number of carbonyl (C=O) groups excluding carboxylic acids is 1. The standard InChI is InChI=1S/C11H7BrF2N2O3/c1-2-18-11(17)9-15-10(19-16-9)8-6(13)3-5(12)4-7(8)14/h3-4H,2H2,1H3. The molecular weight excluding hydrogens is 326 g/mol. The Hall–Kier alpha value is -1.83. The van der Waals surface area contributed by atoms with E-state index in [1.165, 1.54) is 0 Å². The molecule has 0 saturated carbocycles. The Balaban J connectivity index is 2.41. The molecule has 0 saturated heterocycles. The number of hydrogen-bond donors (Lipinski definition) is 0. The van der Waals surface area contributed by atoms with Crippen molar-refractivity contribution in [1.82, 2.24) is 10.1 Å². The maximum atomic E-state index is 13.6. The molecule has 5 nitrogen and oxygen atoms in total. The Morgan fingerprint density at radius 2 is 2.05 bits per heavy atom. The maximum absolute atomic E-state index is 13.6. The third-order valence-corrected chi connectivity index (χ3v) is 2.56. The van der Waals surface area contributed by atoms with Crippen LogP contribution in [0.15, 0.2) is 21.1 Å². The van der Waals surface area contributed by atoms with Crippen molar-refractivity contribution in [2.45, 2.75) is 6.92 Å². The first-order valence-electron chi connectivity index (χ1n) is 5.18. The van der Waals surface area contributed by atoms with Crippen molar-refractivity contribution in [3.05, 3.63) is 34.1 Å². The Morgan fingerprint density at radius 1 is 1.42 bits per heavy atom. The van der Waals surface area contributed by atoms with E-state index in [1.807, 2.05) is 0 Å². The molecule has 2 rings (SSSR count). The van der Waals surface area contributed by atoms with E-state index in [0.29, 0.717) is 0 Å². The fourth-order valence-electron chi connectivity index (χ4n) is 1.35. The Morgan fingerprint density at radius 3 is 2.63 bits per heavy atom. The van der Waals surface area contributed by atoms with Crippen molar-refractivity contribution < 1.29 is 22.8 Å². The summed E-state index contributed by atoms with van der Waals surface area (Å²) in [6, 6.07) is 2.10. The predicted octanol–water partition coefficient (Wildman–Crippen LogP) is 2.95. The van der Waals surface area contributed by atoms with Crippen LogP contribution in [0.25, 0.3) is 11.5 Å². The number of hydrogen-bond acceptors (Lipinski definition) is 5. The van der Waals surface area contributed by atoms with Crippen LogP contribution in [0.1, 0.15) is 17.5 Å². The molecule has 0 fully saturated rings. The Labute approximate surface area is 114 Å². The van der Waals surface area contributed by atoms with Crippen LogP contribution in [0.4, 0.5) is 8.78 Å². The zero-order valence-electron chi connectivity index (χ0n) is 9.61. The molecule has 0 N–H and O–H groups in total. The van der Waals surface area contributed by atoms with Gasteiger partial charge >= 0.3 is 5.97 Å². The molecule has 0 aliphatic carbocycles. The van der Waals surface area contributed by atoms with Crippen LogP contribution in [0, 0.1) is 11.6 Å². The van der Waals surface area contributed by atoms with Gasteiger partial charge in [-0.1, -0.05) is 15.9 Å². The molecule has 100 valence electrons. The molecule has 8 heteroatoms. The van der Waals surface area contributed by atoms with E-state index in [2.05, 4.69) is 35.3 Å². The number of benzene rings is 1. The van der Waals surface area contributed by atoms with Crippen LogP contribution in [-0.4, -0.2) is 22.7 Å². The summed E-state index contributed by atoms with van der Waals surface area (Å²) in [7, 11) is 0. The number of carbonyl (C=O) groups is 1. The van der Waals surface area contributed by atoms with Gasteiger partial charge in [0, 0.05) is 4.47 Å². The van der Waals surface area contributed by atoms with E-state index >= 15 is 0 Å². The molecule has 0 atom stereocenters. The van der Waals surface area contributed by atoms with E-state index in [9.17, 15) is 13.6 Å². The number of esters is 1. The summed E-state index contributed by atoms with van der Waals surface area (Å²) in [6.07, 6.45) is 0. The summed E-state index contributed by atoms with van der Waals surface area (Å²) >= 11 is 2.95. The van der Waals surface area contributed by atoms with Crippen molar-refractivity contribution in [2.24, 2.45) is 0 Å². The molecular formula is C11H7BrF2N2O3. The van der Waals surface area contributed by atoms with Gasteiger partial charge < -0.3 is 9.26 Å². The van der Waals surface area contributed by atoms with Gasteiger partial charge in [0.15, 0.2) is 0 Å². The molecule has 0 radical (unpaired) electrons. The second-order valence-corrected chi connectivity index (χ2v) is 4.30. The molecule has 19 heavy (non-hydrogen) atoms. The second-order valence-electron chi connectivity index (χ2n) is 3.39. The lowest BCUT2D eigenvalue weighted by molar-refractivity contribution is 0.0508. The third-order valence-electron chi connectivity index (χ3n) is 2.10. The summed E-state index contributed by atoms with van der Waals surface area (Å²) in [5, 5.41) is 3.31. The van der Waals surface area contributed by atoms with Gasteiger partial charge in [-0.15, -0.1) is 0 Å². The van der Waals surface area contributed by atoms with Crippen LogP contribution in [0.5, 0.6) is 0 Å². The van der Waals surface area contributed by atoms with Crippen molar-refractivity contribution in [3.8, 4) is 11.5 Å². The number of nitrogens with zero attached hydrogens (tertiary/aromatic N) is 2. The van der Waals surface area contributed by atoms with E-state index in [1.54, 1.807) is 6.92 Å². The van der Waals surface area contributed by atoms with Gasteiger partial charge in [0.25, 0.3) is 11.7 Å². The van der Waals surface area contributed by atoms with Crippen LogP contribution in [0.2, 0.25) is 0 Å². The van der Waals surface area contributed by atoms with E-state index in [0.717, 1.165) is 12.1 Å². The number of halogens is 3. The average Bonchev–Trinajstić information content (AvgIpc) is 2.77. The molecule has 0 aliphatic heterocycles. The molecule has 1 heterocycles. The zero-order valence-corrected chi connectivity index (χ0v) is 11.2.